The number of rotatable bonds is 4. The molecule has 0 amide bonds. The molecule has 0 aromatic carbocycles. The van der Waals surface area contributed by atoms with E-state index in [1.54, 1.807) is 7.11 Å². The molecule has 0 saturated carbocycles. The zero-order chi connectivity index (χ0) is 10.6. The second-order valence-electron chi connectivity index (χ2n) is 2.76. The zero-order valence-electron chi connectivity index (χ0n) is 7.98. The van der Waals surface area contributed by atoms with Gasteiger partial charge in [-0.05, 0) is 6.92 Å². The van der Waals surface area contributed by atoms with Crippen LogP contribution in [0.25, 0.3) is 0 Å². The van der Waals surface area contributed by atoms with Crippen molar-refractivity contribution in [1.29, 1.82) is 0 Å². The fraction of sp³-hybridized carbons (Fsp3) is 0.500. The standard InChI is InChI=1S/C8H12FN3OS/c1-5(14-10)7(13-2)8-11-3-6(9)4-12-8/h3-5,7H,10H2,1-2H3. The maximum atomic E-state index is 12.5. The van der Waals surface area contributed by atoms with Crippen molar-refractivity contribution in [2.75, 3.05) is 7.11 Å². The van der Waals surface area contributed by atoms with Crippen molar-refractivity contribution in [3.63, 3.8) is 0 Å². The Labute approximate surface area is 86.2 Å². The first-order valence-electron chi connectivity index (χ1n) is 4.04. The molecule has 78 valence electrons. The zero-order valence-corrected chi connectivity index (χ0v) is 8.79. The Kier molecular flexibility index (Phi) is 4.24. The summed E-state index contributed by atoms with van der Waals surface area (Å²) in [6.07, 6.45) is 1.91. The second-order valence-corrected chi connectivity index (χ2v) is 3.77. The number of hydrogen-bond acceptors (Lipinski definition) is 5. The van der Waals surface area contributed by atoms with E-state index >= 15 is 0 Å². The van der Waals surface area contributed by atoms with Gasteiger partial charge in [0.2, 0.25) is 0 Å². The summed E-state index contributed by atoms with van der Waals surface area (Å²) < 4.78 is 17.7. The van der Waals surface area contributed by atoms with Gasteiger partial charge < -0.3 is 4.74 Å². The van der Waals surface area contributed by atoms with E-state index in [4.69, 9.17) is 9.88 Å². The van der Waals surface area contributed by atoms with E-state index in [-0.39, 0.29) is 11.4 Å². The molecule has 1 aromatic heterocycles. The molecule has 0 spiro atoms. The molecule has 0 saturated heterocycles. The van der Waals surface area contributed by atoms with Crippen LogP contribution in [0.1, 0.15) is 18.9 Å². The smallest absolute Gasteiger partial charge is 0.159 e. The van der Waals surface area contributed by atoms with Crippen LogP contribution < -0.4 is 5.14 Å². The highest BCUT2D eigenvalue weighted by molar-refractivity contribution is 7.97. The number of hydrogen-bond donors (Lipinski definition) is 1. The highest BCUT2D eigenvalue weighted by Crippen LogP contribution is 2.23. The van der Waals surface area contributed by atoms with E-state index in [2.05, 4.69) is 9.97 Å². The van der Waals surface area contributed by atoms with E-state index in [0.29, 0.717) is 5.82 Å². The third-order valence-corrected chi connectivity index (χ3v) is 2.47. The molecule has 0 radical (unpaired) electrons. The number of methoxy groups -OCH3 is 1. The van der Waals surface area contributed by atoms with Crippen molar-refractivity contribution in [2.45, 2.75) is 18.3 Å². The lowest BCUT2D eigenvalue weighted by molar-refractivity contribution is 0.0969. The van der Waals surface area contributed by atoms with Gasteiger partial charge in [-0.3, -0.25) is 5.14 Å². The Balaban J connectivity index is 2.84. The number of nitrogens with zero attached hydrogens (tertiary/aromatic N) is 2. The van der Waals surface area contributed by atoms with E-state index in [1.165, 1.54) is 0 Å². The predicted molar refractivity (Wildman–Crippen MR) is 53.0 cm³/mol. The second kappa shape index (κ2) is 5.23. The van der Waals surface area contributed by atoms with E-state index < -0.39 is 5.82 Å². The maximum absolute atomic E-state index is 12.5. The molecule has 14 heavy (non-hydrogen) atoms. The van der Waals surface area contributed by atoms with Crippen LogP contribution in [0.5, 0.6) is 0 Å². The van der Waals surface area contributed by atoms with Crippen molar-refractivity contribution >= 4 is 11.9 Å². The molecule has 0 bridgehead atoms. The lowest BCUT2D eigenvalue weighted by Crippen LogP contribution is -2.18. The van der Waals surface area contributed by atoms with Gasteiger partial charge in [0.05, 0.1) is 12.4 Å². The number of nitrogens with two attached hydrogens (primary N) is 1. The molecule has 1 aromatic rings. The lowest BCUT2D eigenvalue weighted by Gasteiger charge is -2.18. The van der Waals surface area contributed by atoms with Gasteiger partial charge in [0.25, 0.3) is 0 Å². The molecule has 6 heteroatoms. The van der Waals surface area contributed by atoms with Gasteiger partial charge in [0, 0.05) is 12.4 Å². The first-order valence-corrected chi connectivity index (χ1v) is 4.99. The van der Waals surface area contributed by atoms with Gasteiger partial charge in [-0.2, -0.15) is 0 Å². The van der Waals surface area contributed by atoms with Crippen molar-refractivity contribution in [3.05, 3.63) is 24.0 Å². The van der Waals surface area contributed by atoms with Crippen LogP contribution in [0.3, 0.4) is 0 Å². The Hall–Kier alpha value is -0.720. The molecule has 2 N–H and O–H groups in total. The van der Waals surface area contributed by atoms with E-state index in [0.717, 1.165) is 24.3 Å². The lowest BCUT2D eigenvalue weighted by atomic mass is 10.2. The summed E-state index contributed by atoms with van der Waals surface area (Å²) >= 11 is 1.16. The summed E-state index contributed by atoms with van der Waals surface area (Å²) in [5.41, 5.74) is 0. The summed E-state index contributed by atoms with van der Waals surface area (Å²) in [6, 6.07) is 0. The molecule has 1 heterocycles. The van der Waals surface area contributed by atoms with E-state index in [9.17, 15) is 4.39 Å². The SMILES string of the molecule is COC(c1ncc(F)cn1)C(C)SN. The normalized spacial score (nSPS) is 15.1. The molecule has 2 unspecified atom stereocenters. The van der Waals surface area contributed by atoms with Crippen molar-refractivity contribution < 1.29 is 9.13 Å². The average molecular weight is 217 g/mol. The average Bonchev–Trinajstić information content (AvgIpc) is 2.21. The van der Waals surface area contributed by atoms with Crippen molar-refractivity contribution in [1.82, 2.24) is 9.97 Å². The molecule has 1 rings (SSSR count). The third kappa shape index (κ3) is 2.63. The Morgan fingerprint density at radius 3 is 2.50 bits per heavy atom. The highest BCUT2D eigenvalue weighted by Gasteiger charge is 2.21. The summed E-state index contributed by atoms with van der Waals surface area (Å²) in [7, 11) is 1.55. The first-order chi connectivity index (χ1) is 6.69. The minimum Gasteiger partial charge on any atom is -0.372 e. The van der Waals surface area contributed by atoms with Crippen LogP contribution in [0.2, 0.25) is 0 Å². The van der Waals surface area contributed by atoms with Gasteiger partial charge in [-0.25, -0.2) is 14.4 Å². The van der Waals surface area contributed by atoms with Crippen LogP contribution >= 0.6 is 11.9 Å². The maximum Gasteiger partial charge on any atom is 0.159 e. The third-order valence-electron chi connectivity index (χ3n) is 1.79. The predicted octanol–water partition coefficient (Wildman–Crippen LogP) is 1.30. The largest absolute Gasteiger partial charge is 0.372 e. The van der Waals surface area contributed by atoms with Crippen LogP contribution in [0.15, 0.2) is 12.4 Å². The first kappa shape index (κ1) is 11.4. The summed E-state index contributed by atoms with van der Waals surface area (Å²) in [5, 5.41) is 5.44. The minimum atomic E-state index is -0.461. The van der Waals surface area contributed by atoms with Crippen molar-refractivity contribution in [3.8, 4) is 0 Å². The van der Waals surface area contributed by atoms with Gasteiger partial charge in [-0.1, -0.05) is 11.9 Å². The Bertz CT molecular complexity index is 282. The highest BCUT2D eigenvalue weighted by atomic mass is 32.2. The van der Waals surface area contributed by atoms with Crippen molar-refractivity contribution in [2.24, 2.45) is 5.14 Å². The number of halogens is 1. The van der Waals surface area contributed by atoms with Gasteiger partial charge >= 0.3 is 0 Å². The quantitative estimate of drug-likeness (QED) is 0.770. The molecule has 0 fully saturated rings. The summed E-state index contributed by atoms with van der Waals surface area (Å²) in [4.78, 5) is 7.68. The molecule has 0 aliphatic heterocycles. The molecular weight excluding hydrogens is 205 g/mol. The van der Waals surface area contributed by atoms with Crippen LogP contribution in [-0.2, 0) is 4.74 Å². The molecular formula is C8H12FN3OS. The Morgan fingerprint density at radius 2 is 2.07 bits per heavy atom. The monoisotopic (exact) mass is 217 g/mol. The molecule has 0 aliphatic carbocycles. The molecule has 0 aliphatic rings. The van der Waals surface area contributed by atoms with Crippen LogP contribution in [0.4, 0.5) is 4.39 Å². The molecule has 2 atom stereocenters. The fourth-order valence-corrected chi connectivity index (χ4v) is 1.42. The van der Waals surface area contributed by atoms with Crippen LogP contribution in [-0.4, -0.2) is 22.3 Å². The molecule has 4 nitrogen and oxygen atoms in total. The topological polar surface area (TPSA) is 61.0 Å². The number of aromatic nitrogens is 2. The Morgan fingerprint density at radius 1 is 1.50 bits per heavy atom. The van der Waals surface area contributed by atoms with Gasteiger partial charge in [-0.15, -0.1) is 0 Å². The summed E-state index contributed by atoms with van der Waals surface area (Å²) in [5.74, 6) is -0.0176. The minimum absolute atomic E-state index is 0.0189. The van der Waals surface area contributed by atoms with Gasteiger partial charge in [0.15, 0.2) is 11.6 Å². The number of ether oxygens (including phenoxy) is 1. The summed E-state index contributed by atoms with van der Waals surface area (Å²) in [6.45, 7) is 1.89. The fourth-order valence-electron chi connectivity index (χ4n) is 1.05. The van der Waals surface area contributed by atoms with Gasteiger partial charge in [0.1, 0.15) is 6.10 Å². The van der Waals surface area contributed by atoms with E-state index in [1.807, 2.05) is 6.92 Å². The van der Waals surface area contributed by atoms with Crippen LogP contribution in [0, 0.1) is 5.82 Å².